The summed E-state index contributed by atoms with van der Waals surface area (Å²) in [5.74, 6) is 19.0. The molecule has 210 valence electrons. The van der Waals surface area contributed by atoms with Crippen molar-refractivity contribution < 1.29 is 14.3 Å². The van der Waals surface area contributed by atoms with Crippen molar-refractivity contribution in [3.05, 3.63) is 118 Å². The van der Waals surface area contributed by atoms with Gasteiger partial charge in [-0.2, -0.15) is 0 Å². The molecule has 0 fully saturated rings. The van der Waals surface area contributed by atoms with E-state index >= 15 is 0 Å². The molecule has 3 aromatic rings. The summed E-state index contributed by atoms with van der Waals surface area (Å²) in [6.45, 7) is 0. The van der Waals surface area contributed by atoms with Crippen LogP contribution in [0.2, 0.25) is 0 Å². The van der Waals surface area contributed by atoms with Crippen molar-refractivity contribution in [1.82, 2.24) is 5.32 Å². The van der Waals surface area contributed by atoms with Gasteiger partial charge in [-0.05, 0) is 68.0 Å². The molecule has 1 aliphatic carbocycles. The number of unbranched alkanes of at least 4 members (excludes halogenated alkanes) is 1. The Balaban J connectivity index is 1.31. The Labute approximate surface area is 249 Å². The first-order chi connectivity index (χ1) is 20.6. The number of esters is 1. The summed E-state index contributed by atoms with van der Waals surface area (Å²) in [5, 5.41) is 2.80. The number of benzene rings is 3. The third-order valence-corrected chi connectivity index (χ3v) is 6.86. The minimum absolute atomic E-state index is 0.190. The molecule has 3 aromatic carbocycles. The Morgan fingerprint density at radius 1 is 0.762 bits per heavy atom. The second kappa shape index (κ2) is 16.3. The van der Waals surface area contributed by atoms with E-state index in [-0.39, 0.29) is 12.3 Å². The van der Waals surface area contributed by atoms with Gasteiger partial charge in [0.25, 0.3) is 0 Å². The van der Waals surface area contributed by atoms with Crippen LogP contribution < -0.4 is 5.32 Å². The number of ether oxygens (including phenoxy) is 1. The molecule has 0 aromatic heterocycles. The van der Waals surface area contributed by atoms with Crippen molar-refractivity contribution in [2.75, 3.05) is 7.11 Å². The maximum Gasteiger partial charge on any atom is 0.328 e. The van der Waals surface area contributed by atoms with E-state index in [1.165, 1.54) is 7.11 Å². The van der Waals surface area contributed by atoms with E-state index in [9.17, 15) is 9.59 Å². The minimum atomic E-state index is -0.712. The quantitative estimate of drug-likeness (QED) is 0.210. The van der Waals surface area contributed by atoms with E-state index in [0.29, 0.717) is 19.3 Å². The third kappa shape index (κ3) is 9.89. The zero-order chi connectivity index (χ0) is 29.4. The summed E-state index contributed by atoms with van der Waals surface area (Å²) >= 11 is 0. The van der Waals surface area contributed by atoms with E-state index in [1.54, 1.807) is 0 Å². The fraction of sp³-hybridized carbons (Fsp3) is 0.263. The summed E-state index contributed by atoms with van der Waals surface area (Å²) < 4.78 is 4.88. The molecule has 0 saturated carbocycles. The van der Waals surface area contributed by atoms with E-state index < -0.39 is 12.0 Å². The second-order valence-corrected chi connectivity index (χ2v) is 10.1. The second-order valence-electron chi connectivity index (χ2n) is 10.1. The Kier molecular flexibility index (Phi) is 11.7. The first-order valence-corrected chi connectivity index (χ1v) is 14.4. The summed E-state index contributed by atoms with van der Waals surface area (Å²) in [6, 6.07) is 26.8. The summed E-state index contributed by atoms with van der Waals surface area (Å²) in [5.41, 5.74) is 6.07. The summed E-state index contributed by atoms with van der Waals surface area (Å²) in [4.78, 5) is 24.7. The normalized spacial score (nSPS) is 12.8. The molecule has 0 aliphatic heterocycles. The van der Waals surface area contributed by atoms with Gasteiger partial charge in [0.1, 0.15) is 6.04 Å². The molecule has 1 amide bonds. The van der Waals surface area contributed by atoms with Crippen LogP contribution in [0.1, 0.15) is 67.2 Å². The maximum atomic E-state index is 12.5. The third-order valence-electron chi connectivity index (χ3n) is 6.86. The number of carbonyl (C=O) groups excluding carboxylic acids is 2. The standard InChI is InChI=1S/C38H35NO3/c1-42-38(41)36(29-32-17-7-3-8-18-32)39-37(40)23-10-4-9-16-31-19-13-20-33(28-31)25-27-35-22-12-11-21-34(35)26-24-30-14-5-2-6-15-30/h2-3,5-8,13-15,17-20,28,36H,4,10-12,21-23,29H2,1H3,(H,39,40). The fourth-order valence-corrected chi connectivity index (χ4v) is 4.63. The van der Waals surface area contributed by atoms with Gasteiger partial charge in [-0.15, -0.1) is 0 Å². The van der Waals surface area contributed by atoms with Crippen LogP contribution in [0.4, 0.5) is 0 Å². The van der Waals surface area contributed by atoms with Gasteiger partial charge < -0.3 is 10.1 Å². The van der Waals surface area contributed by atoms with Crippen LogP contribution in [0.25, 0.3) is 0 Å². The monoisotopic (exact) mass is 553 g/mol. The molecule has 4 rings (SSSR count). The van der Waals surface area contributed by atoms with Crippen molar-refractivity contribution in [1.29, 1.82) is 0 Å². The first-order valence-electron chi connectivity index (χ1n) is 14.4. The number of hydrogen-bond acceptors (Lipinski definition) is 3. The largest absolute Gasteiger partial charge is 0.467 e. The highest BCUT2D eigenvalue weighted by atomic mass is 16.5. The molecule has 1 atom stereocenters. The SMILES string of the molecule is COC(=O)C(Cc1ccccc1)NC(=O)CCCC#Cc1cccc(C#CC2=C(C#Cc3ccccc3)CCCC2)c1. The Morgan fingerprint density at radius 2 is 1.36 bits per heavy atom. The molecule has 0 heterocycles. The molecule has 0 saturated heterocycles. The molecule has 0 bridgehead atoms. The molecule has 4 heteroatoms. The van der Waals surface area contributed by atoms with Crippen molar-refractivity contribution in [2.45, 2.75) is 57.4 Å². The molecule has 0 radical (unpaired) electrons. The number of hydrogen-bond donors (Lipinski definition) is 1. The molecule has 1 aliphatic rings. The van der Waals surface area contributed by atoms with E-state index in [0.717, 1.165) is 59.1 Å². The molecule has 0 spiro atoms. The molecule has 4 nitrogen and oxygen atoms in total. The van der Waals surface area contributed by atoms with Crippen LogP contribution in [0.3, 0.4) is 0 Å². The number of allylic oxidation sites excluding steroid dienone is 2. The van der Waals surface area contributed by atoms with Gasteiger partial charge in [0, 0.05) is 47.1 Å². The minimum Gasteiger partial charge on any atom is -0.467 e. The van der Waals surface area contributed by atoms with Gasteiger partial charge >= 0.3 is 5.97 Å². The van der Waals surface area contributed by atoms with Gasteiger partial charge in [0.15, 0.2) is 0 Å². The first kappa shape index (κ1) is 30.0. The molecular formula is C38H35NO3. The van der Waals surface area contributed by atoms with Crippen LogP contribution in [0.5, 0.6) is 0 Å². The summed E-state index contributed by atoms with van der Waals surface area (Å²) in [6.07, 6.45) is 6.07. The van der Waals surface area contributed by atoms with E-state index in [2.05, 4.69) is 40.8 Å². The predicted octanol–water partition coefficient (Wildman–Crippen LogP) is 6.38. The van der Waals surface area contributed by atoms with Crippen molar-refractivity contribution in [2.24, 2.45) is 0 Å². The van der Waals surface area contributed by atoms with Gasteiger partial charge in [-0.1, -0.05) is 90.1 Å². The zero-order valence-electron chi connectivity index (χ0n) is 24.0. The Hall–Kier alpha value is -4.98. The number of methoxy groups -OCH3 is 1. The molecular weight excluding hydrogens is 518 g/mol. The van der Waals surface area contributed by atoms with E-state index in [4.69, 9.17) is 4.74 Å². The van der Waals surface area contributed by atoms with Gasteiger partial charge in [0.2, 0.25) is 5.91 Å². The summed E-state index contributed by atoms with van der Waals surface area (Å²) in [7, 11) is 1.33. The van der Waals surface area contributed by atoms with Crippen molar-refractivity contribution in [3.8, 4) is 35.5 Å². The van der Waals surface area contributed by atoms with Crippen molar-refractivity contribution in [3.63, 3.8) is 0 Å². The number of nitrogens with one attached hydrogen (secondary N) is 1. The van der Waals surface area contributed by atoms with Crippen LogP contribution in [0.15, 0.2) is 96.1 Å². The topological polar surface area (TPSA) is 55.4 Å². The average molecular weight is 554 g/mol. The van der Waals surface area contributed by atoms with Gasteiger partial charge in [-0.3, -0.25) is 4.79 Å². The number of rotatable bonds is 7. The lowest BCUT2D eigenvalue weighted by molar-refractivity contribution is -0.145. The fourth-order valence-electron chi connectivity index (χ4n) is 4.63. The smallest absolute Gasteiger partial charge is 0.328 e. The lowest BCUT2D eigenvalue weighted by atomic mass is 9.92. The highest BCUT2D eigenvalue weighted by Crippen LogP contribution is 2.24. The highest BCUT2D eigenvalue weighted by Gasteiger charge is 2.21. The van der Waals surface area contributed by atoms with Crippen LogP contribution in [-0.2, 0) is 20.7 Å². The van der Waals surface area contributed by atoms with Gasteiger partial charge in [-0.25, -0.2) is 4.79 Å². The lowest BCUT2D eigenvalue weighted by Crippen LogP contribution is -2.43. The average Bonchev–Trinajstić information content (AvgIpc) is 3.03. The Morgan fingerprint density at radius 3 is 2.02 bits per heavy atom. The van der Waals surface area contributed by atoms with E-state index in [1.807, 2.05) is 84.9 Å². The number of amides is 1. The van der Waals surface area contributed by atoms with Crippen LogP contribution in [-0.4, -0.2) is 25.0 Å². The van der Waals surface area contributed by atoms with Crippen LogP contribution in [0, 0.1) is 35.5 Å². The number of carbonyl (C=O) groups is 2. The van der Waals surface area contributed by atoms with Gasteiger partial charge in [0.05, 0.1) is 7.11 Å². The zero-order valence-corrected chi connectivity index (χ0v) is 24.0. The maximum absolute atomic E-state index is 12.5. The predicted molar refractivity (Wildman–Crippen MR) is 167 cm³/mol. The Bertz CT molecular complexity index is 1590. The van der Waals surface area contributed by atoms with Crippen LogP contribution >= 0.6 is 0 Å². The molecule has 42 heavy (non-hydrogen) atoms. The lowest BCUT2D eigenvalue weighted by Gasteiger charge is -2.16. The molecule has 1 N–H and O–H groups in total. The van der Waals surface area contributed by atoms with Crippen molar-refractivity contribution >= 4 is 11.9 Å². The highest BCUT2D eigenvalue weighted by molar-refractivity contribution is 5.84. The molecule has 1 unspecified atom stereocenters.